The van der Waals surface area contributed by atoms with Gasteiger partial charge in [0.1, 0.15) is 0 Å². The van der Waals surface area contributed by atoms with E-state index in [0.29, 0.717) is 17.9 Å². The second-order valence-corrected chi connectivity index (χ2v) is 5.67. The van der Waals surface area contributed by atoms with Gasteiger partial charge < -0.3 is 10.2 Å². The van der Waals surface area contributed by atoms with Gasteiger partial charge in [0, 0.05) is 12.6 Å². The first kappa shape index (κ1) is 16.2. The highest BCUT2D eigenvalue weighted by Crippen LogP contribution is 2.06. The van der Waals surface area contributed by atoms with Crippen molar-refractivity contribution in [3.63, 3.8) is 0 Å². The summed E-state index contributed by atoms with van der Waals surface area (Å²) in [4.78, 5) is 14.1. The predicted molar refractivity (Wildman–Crippen MR) is 80.2 cm³/mol. The molecule has 20 heavy (non-hydrogen) atoms. The maximum absolute atomic E-state index is 12.1. The Balaban J connectivity index is 2.58. The summed E-state index contributed by atoms with van der Waals surface area (Å²) in [7, 11) is 4.00. The molecule has 0 saturated carbocycles. The Morgan fingerprint density at radius 3 is 2.35 bits per heavy atom. The zero-order valence-electron chi connectivity index (χ0n) is 12.7. The molecule has 0 heterocycles. The molecule has 0 aliphatic carbocycles. The van der Waals surface area contributed by atoms with Crippen LogP contribution in [-0.4, -0.2) is 37.5 Å². The minimum Gasteiger partial charge on any atom is -0.352 e. The molecule has 1 aromatic carbocycles. The van der Waals surface area contributed by atoms with Crippen molar-refractivity contribution in [2.45, 2.75) is 26.3 Å². The van der Waals surface area contributed by atoms with E-state index < -0.39 is 0 Å². The summed E-state index contributed by atoms with van der Waals surface area (Å²) in [5.41, 5.74) is 1.54. The van der Waals surface area contributed by atoms with E-state index in [4.69, 9.17) is 5.26 Å². The van der Waals surface area contributed by atoms with Gasteiger partial charge in [-0.05, 0) is 37.7 Å². The summed E-state index contributed by atoms with van der Waals surface area (Å²) in [5.74, 6) is 0.414. The second-order valence-electron chi connectivity index (χ2n) is 5.67. The summed E-state index contributed by atoms with van der Waals surface area (Å²) in [6.07, 6.45) is 0.350. The fourth-order valence-corrected chi connectivity index (χ4v) is 1.96. The first-order valence-corrected chi connectivity index (χ1v) is 6.85. The molecule has 1 rings (SSSR count). The first-order chi connectivity index (χ1) is 9.42. The van der Waals surface area contributed by atoms with Crippen LogP contribution in [0.4, 0.5) is 0 Å². The number of hydrogen-bond acceptors (Lipinski definition) is 3. The van der Waals surface area contributed by atoms with Crippen LogP contribution in [0.15, 0.2) is 24.3 Å². The normalized spacial score (nSPS) is 12.2. The zero-order valence-corrected chi connectivity index (χ0v) is 12.7. The second kappa shape index (κ2) is 7.66. The topological polar surface area (TPSA) is 56.1 Å². The quantitative estimate of drug-likeness (QED) is 0.860. The van der Waals surface area contributed by atoms with Crippen molar-refractivity contribution < 1.29 is 4.79 Å². The minimum absolute atomic E-state index is 0.0234. The molecule has 0 fully saturated rings. The monoisotopic (exact) mass is 273 g/mol. The number of nitrogens with one attached hydrogen (secondary N) is 1. The maximum atomic E-state index is 12.1. The van der Waals surface area contributed by atoms with Gasteiger partial charge in [-0.1, -0.05) is 26.0 Å². The molecule has 1 unspecified atom stereocenters. The van der Waals surface area contributed by atoms with Gasteiger partial charge in [-0.2, -0.15) is 5.26 Å². The van der Waals surface area contributed by atoms with E-state index in [-0.39, 0.29) is 11.9 Å². The van der Waals surface area contributed by atoms with Crippen LogP contribution in [0.25, 0.3) is 0 Å². The molecule has 1 aromatic rings. The van der Waals surface area contributed by atoms with Crippen molar-refractivity contribution in [3.8, 4) is 6.07 Å². The smallest absolute Gasteiger partial charge is 0.224 e. The van der Waals surface area contributed by atoms with Crippen LogP contribution in [0.5, 0.6) is 0 Å². The molecule has 0 bridgehead atoms. The Morgan fingerprint density at radius 2 is 1.90 bits per heavy atom. The summed E-state index contributed by atoms with van der Waals surface area (Å²) >= 11 is 0. The van der Waals surface area contributed by atoms with Gasteiger partial charge in [0.15, 0.2) is 0 Å². The number of nitrogens with zero attached hydrogens (tertiary/aromatic N) is 2. The van der Waals surface area contributed by atoms with Gasteiger partial charge in [-0.15, -0.1) is 0 Å². The molecule has 1 N–H and O–H groups in total. The number of benzene rings is 1. The van der Waals surface area contributed by atoms with Crippen molar-refractivity contribution in [2.24, 2.45) is 5.92 Å². The number of rotatable bonds is 6. The number of nitriles is 1. The van der Waals surface area contributed by atoms with E-state index >= 15 is 0 Å². The summed E-state index contributed by atoms with van der Waals surface area (Å²) in [5, 5.41) is 11.8. The molecule has 4 nitrogen and oxygen atoms in total. The lowest BCUT2D eigenvalue weighted by Gasteiger charge is -2.25. The average Bonchev–Trinajstić information content (AvgIpc) is 2.38. The number of likely N-dealkylation sites (N-methyl/N-ethyl adjacent to an activating group) is 1. The predicted octanol–water partition coefficient (Wildman–Crippen LogP) is 1.80. The Bertz CT molecular complexity index is 471. The fourth-order valence-electron chi connectivity index (χ4n) is 1.96. The SMILES string of the molecule is CC(C)C(CN(C)C)NC(=O)Cc1ccc(C#N)cc1. The molecule has 1 amide bonds. The van der Waals surface area contributed by atoms with E-state index in [9.17, 15) is 4.79 Å². The molecule has 0 spiro atoms. The van der Waals surface area contributed by atoms with E-state index in [1.807, 2.05) is 26.2 Å². The highest BCUT2D eigenvalue weighted by Gasteiger charge is 2.17. The molecular weight excluding hydrogens is 250 g/mol. The third-order valence-electron chi connectivity index (χ3n) is 3.16. The van der Waals surface area contributed by atoms with Gasteiger partial charge in [-0.3, -0.25) is 4.79 Å². The van der Waals surface area contributed by atoms with Crippen molar-refractivity contribution in [2.75, 3.05) is 20.6 Å². The Labute approximate surface area is 121 Å². The molecule has 0 radical (unpaired) electrons. The van der Waals surface area contributed by atoms with Crippen LogP contribution < -0.4 is 5.32 Å². The van der Waals surface area contributed by atoms with Crippen LogP contribution in [0, 0.1) is 17.2 Å². The highest BCUT2D eigenvalue weighted by molar-refractivity contribution is 5.78. The fraction of sp³-hybridized carbons (Fsp3) is 0.500. The van der Waals surface area contributed by atoms with Gasteiger partial charge >= 0.3 is 0 Å². The maximum Gasteiger partial charge on any atom is 0.224 e. The van der Waals surface area contributed by atoms with Gasteiger partial charge in [0.05, 0.1) is 18.1 Å². The third kappa shape index (κ3) is 5.41. The van der Waals surface area contributed by atoms with Gasteiger partial charge in [0.2, 0.25) is 5.91 Å². The molecule has 0 aliphatic heterocycles. The van der Waals surface area contributed by atoms with Crippen molar-refractivity contribution in [1.29, 1.82) is 5.26 Å². The molecule has 4 heteroatoms. The first-order valence-electron chi connectivity index (χ1n) is 6.85. The summed E-state index contributed by atoms with van der Waals surface area (Å²) in [6.45, 7) is 5.04. The lowest BCUT2D eigenvalue weighted by Crippen LogP contribution is -2.45. The van der Waals surface area contributed by atoms with Gasteiger partial charge in [-0.25, -0.2) is 0 Å². The minimum atomic E-state index is 0.0234. The lowest BCUT2D eigenvalue weighted by atomic mass is 10.0. The van der Waals surface area contributed by atoms with Crippen molar-refractivity contribution in [1.82, 2.24) is 10.2 Å². The highest BCUT2D eigenvalue weighted by atomic mass is 16.1. The lowest BCUT2D eigenvalue weighted by molar-refractivity contribution is -0.121. The van der Waals surface area contributed by atoms with Crippen molar-refractivity contribution in [3.05, 3.63) is 35.4 Å². The number of hydrogen-bond donors (Lipinski definition) is 1. The average molecular weight is 273 g/mol. The van der Waals surface area contributed by atoms with Gasteiger partial charge in [0.25, 0.3) is 0 Å². The Kier molecular flexibility index (Phi) is 6.20. The van der Waals surface area contributed by atoms with E-state index in [2.05, 4.69) is 30.1 Å². The van der Waals surface area contributed by atoms with Crippen LogP contribution in [0.1, 0.15) is 25.0 Å². The molecular formula is C16H23N3O. The Morgan fingerprint density at radius 1 is 1.30 bits per heavy atom. The molecule has 0 aromatic heterocycles. The van der Waals surface area contributed by atoms with Crippen LogP contribution in [0.3, 0.4) is 0 Å². The summed E-state index contributed by atoms with van der Waals surface area (Å²) in [6, 6.07) is 9.35. The number of amides is 1. The van der Waals surface area contributed by atoms with E-state index in [1.54, 1.807) is 12.1 Å². The molecule has 108 valence electrons. The van der Waals surface area contributed by atoms with Crippen LogP contribution in [0.2, 0.25) is 0 Å². The number of carbonyl (C=O) groups excluding carboxylic acids is 1. The van der Waals surface area contributed by atoms with Crippen LogP contribution >= 0.6 is 0 Å². The van der Waals surface area contributed by atoms with Crippen molar-refractivity contribution >= 4 is 5.91 Å². The third-order valence-corrected chi connectivity index (χ3v) is 3.16. The van der Waals surface area contributed by atoms with E-state index in [0.717, 1.165) is 12.1 Å². The van der Waals surface area contributed by atoms with Crippen LogP contribution in [-0.2, 0) is 11.2 Å². The number of carbonyl (C=O) groups is 1. The molecule has 0 aliphatic rings. The Hall–Kier alpha value is -1.86. The van der Waals surface area contributed by atoms with E-state index in [1.165, 1.54) is 0 Å². The largest absolute Gasteiger partial charge is 0.352 e. The molecule has 1 atom stereocenters. The summed E-state index contributed by atoms with van der Waals surface area (Å²) < 4.78 is 0. The standard InChI is InChI=1S/C16H23N3O/c1-12(2)15(11-19(3)4)18-16(20)9-13-5-7-14(10-17)8-6-13/h5-8,12,15H,9,11H2,1-4H3,(H,18,20). The zero-order chi connectivity index (χ0) is 15.1. The molecule has 0 saturated heterocycles.